The summed E-state index contributed by atoms with van der Waals surface area (Å²) in [6.45, 7) is 4.24. The summed E-state index contributed by atoms with van der Waals surface area (Å²) in [5, 5.41) is 103. The molecule has 0 aromatic heterocycles. The van der Waals surface area contributed by atoms with Crippen LogP contribution in [0, 0.1) is 5.92 Å². The number of carbonyl (C=O) groups is 3. The Morgan fingerprint density at radius 3 is 1.30 bits per heavy atom. The molecule has 12 N–H and O–H groups in total. The van der Waals surface area contributed by atoms with Crippen molar-refractivity contribution < 1.29 is 93.5 Å². The highest BCUT2D eigenvalue weighted by atomic mass is 16.8. The third-order valence-corrected chi connectivity index (χ3v) is 9.97. The number of amides is 3. The smallest absolute Gasteiger partial charge is 0.217 e. The van der Waals surface area contributed by atoms with Gasteiger partial charge in [0.2, 0.25) is 17.7 Å². The minimum atomic E-state index is -1.79. The average molecular weight is 786 g/mol. The van der Waals surface area contributed by atoms with Gasteiger partial charge in [-0.15, -0.1) is 0 Å². The molecular formula is C32H55N3O19. The van der Waals surface area contributed by atoms with Gasteiger partial charge < -0.3 is 95.1 Å². The van der Waals surface area contributed by atoms with E-state index in [4.69, 9.17) is 33.2 Å². The fourth-order valence-corrected chi connectivity index (χ4v) is 7.14. The van der Waals surface area contributed by atoms with Crippen LogP contribution in [0.15, 0.2) is 0 Å². The molecule has 4 aliphatic heterocycles. The Bertz CT molecular complexity index is 1250. The molecule has 0 saturated carbocycles. The molecule has 22 heteroatoms. The topological polar surface area (TPSA) is 334 Å². The molecule has 0 bridgehead atoms. The van der Waals surface area contributed by atoms with Crippen molar-refractivity contribution in [2.24, 2.45) is 5.92 Å². The van der Waals surface area contributed by atoms with Gasteiger partial charge in [-0.25, -0.2) is 0 Å². The molecule has 4 saturated heterocycles. The maximum absolute atomic E-state index is 12.4. The normalized spacial score (nSPS) is 45.7. The summed E-state index contributed by atoms with van der Waals surface area (Å²) in [4.78, 5) is 36.5. The zero-order chi connectivity index (χ0) is 40.2. The lowest BCUT2D eigenvalue weighted by Crippen LogP contribution is -2.71. The van der Waals surface area contributed by atoms with E-state index in [1.54, 1.807) is 6.92 Å². The van der Waals surface area contributed by atoms with Crippen molar-refractivity contribution in [1.82, 2.24) is 16.0 Å². The summed E-state index contributed by atoms with van der Waals surface area (Å²) < 4.78 is 41.2. The third kappa shape index (κ3) is 9.82. The van der Waals surface area contributed by atoms with Crippen molar-refractivity contribution in [2.75, 3.05) is 19.8 Å². The van der Waals surface area contributed by atoms with Gasteiger partial charge in [0.15, 0.2) is 25.2 Å². The molecule has 20 atom stereocenters. The van der Waals surface area contributed by atoms with E-state index in [-0.39, 0.29) is 6.42 Å². The monoisotopic (exact) mass is 785 g/mol. The van der Waals surface area contributed by atoms with Crippen molar-refractivity contribution in [3.8, 4) is 0 Å². The van der Waals surface area contributed by atoms with Crippen LogP contribution >= 0.6 is 0 Å². The van der Waals surface area contributed by atoms with Crippen LogP contribution in [0.4, 0.5) is 0 Å². The maximum atomic E-state index is 12.4. The summed E-state index contributed by atoms with van der Waals surface area (Å²) in [6.07, 6.45) is -23.5. The lowest BCUT2D eigenvalue weighted by molar-refractivity contribution is -0.363. The second kappa shape index (κ2) is 19.3. The molecule has 0 aromatic rings. The van der Waals surface area contributed by atoms with E-state index in [0.717, 1.165) is 20.8 Å². The van der Waals surface area contributed by atoms with Crippen molar-refractivity contribution in [3.63, 3.8) is 0 Å². The number of carbonyl (C=O) groups excluding carboxylic acids is 3. The second-order valence-corrected chi connectivity index (χ2v) is 13.9. The first kappa shape index (κ1) is 44.5. The molecule has 0 spiro atoms. The molecule has 10 unspecified atom stereocenters. The first-order valence-corrected chi connectivity index (χ1v) is 17.8. The fourth-order valence-electron chi connectivity index (χ4n) is 7.14. The van der Waals surface area contributed by atoms with Crippen molar-refractivity contribution in [3.05, 3.63) is 0 Å². The Hall–Kier alpha value is -2.23. The van der Waals surface area contributed by atoms with Gasteiger partial charge in [-0.05, 0) is 6.42 Å². The Morgan fingerprint density at radius 2 is 0.889 bits per heavy atom. The van der Waals surface area contributed by atoms with Gasteiger partial charge in [0, 0.05) is 26.7 Å². The highest BCUT2D eigenvalue weighted by Gasteiger charge is 2.55. The molecule has 54 heavy (non-hydrogen) atoms. The van der Waals surface area contributed by atoms with Crippen LogP contribution in [0.5, 0.6) is 0 Å². The molecule has 4 aliphatic rings. The molecule has 22 nitrogen and oxygen atoms in total. The van der Waals surface area contributed by atoms with Gasteiger partial charge in [-0.3, -0.25) is 14.4 Å². The maximum Gasteiger partial charge on any atom is 0.217 e. The average Bonchev–Trinajstić information content (AvgIpc) is 3.12. The predicted molar refractivity (Wildman–Crippen MR) is 175 cm³/mol. The minimum Gasteiger partial charge on any atom is -0.394 e. The number of nitrogens with one attached hydrogen (secondary N) is 3. The highest BCUT2D eigenvalue weighted by molar-refractivity contribution is 5.74. The molecule has 0 aliphatic carbocycles. The quantitative estimate of drug-likeness (QED) is 0.0826. The van der Waals surface area contributed by atoms with Gasteiger partial charge in [-0.2, -0.15) is 0 Å². The largest absolute Gasteiger partial charge is 0.394 e. The summed E-state index contributed by atoms with van der Waals surface area (Å²) in [7, 11) is 0. The Morgan fingerprint density at radius 1 is 0.519 bits per heavy atom. The minimum absolute atomic E-state index is 0.194. The molecule has 0 aromatic carbocycles. The first-order chi connectivity index (χ1) is 25.5. The van der Waals surface area contributed by atoms with Gasteiger partial charge in [0.25, 0.3) is 0 Å². The van der Waals surface area contributed by atoms with E-state index in [1.807, 2.05) is 0 Å². The van der Waals surface area contributed by atoms with E-state index in [1.165, 1.54) is 6.92 Å². The van der Waals surface area contributed by atoms with Crippen LogP contribution in [0.25, 0.3) is 0 Å². The fraction of sp³-hybridized carbons (Fsp3) is 0.906. The SMILES string of the molecule is CC[C@H]1OC(O)C(NC(C)=O)C(O)[C@@H]1O[C@@H]1OC(CO)[C@H](OC2O[C@H](CO)[C@@H](O[C@@H]3OC(CO)[C@H](O)[C@H](O)C3C)C(O)C2NC(C)=O)[C@H](O)C1NC(C)=O. The molecule has 4 heterocycles. The van der Waals surface area contributed by atoms with Gasteiger partial charge in [-0.1, -0.05) is 13.8 Å². The van der Waals surface area contributed by atoms with Gasteiger partial charge >= 0.3 is 0 Å². The molecule has 312 valence electrons. The highest BCUT2D eigenvalue weighted by Crippen LogP contribution is 2.35. The van der Waals surface area contributed by atoms with Crippen LogP contribution in [-0.2, 0) is 47.5 Å². The number of ether oxygens (including phenoxy) is 7. The summed E-state index contributed by atoms with van der Waals surface area (Å²) in [5.74, 6) is -2.84. The van der Waals surface area contributed by atoms with E-state index >= 15 is 0 Å². The molecular weight excluding hydrogens is 730 g/mol. The number of rotatable bonds is 13. The third-order valence-electron chi connectivity index (χ3n) is 9.97. The summed E-state index contributed by atoms with van der Waals surface area (Å²) >= 11 is 0. The first-order valence-electron chi connectivity index (χ1n) is 17.8. The van der Waals surface area contributed by atoms with Gasteiger partial charge in [0.05, 0.1) is 32.0 Å². The van der Waals surface area contributed by atoms with E-state index in [0.29, 0.717) is 0 Å². The van der Waals surface area contributed by atoms with Gasteiger partial charge in [0.1, 0.15) is 79.2 Å². The summed E-state index contributed by atoms with van der Waals surface area (Å²) in [6, 6.07) is -4.30. The van der Waals surface area contributed by atoms with E-state index in [9.17, 15) is 60.3 Å². The number of hydrogen-bond acceptors (Lipinski definition) is 19. The Kier molecular flexibility index (Phi) is 15.9. The van der Waals surface area contributed by atoms with Crippen LogP contribution in [-0.4, -0.2) is 200 Å². The lowest BCUT2D eigenvalue weighted by atomic mass is 9.91. The second-order valence-electron chi connectivity index (χ2n) is 13.9. The summed E-state index contributed by atoms with van der Waals surface area (Å²) in [5.41, 5.74) is 0. The van der Waals surface area contributed by atoms with Crippen LogP contribution in [0.2, 0.25) is 0 Å². The van der Waals surface area contributed by atoms with E-state index in [2.05, 4.69) is 16.0 Å². The van der Waals surface area contributed by atoms with Crippen LogP contribution in [0.1, 0.15) is 41.0 Å². The lowest BCUT2D eigenvalue weighted by Gasteiger charge is -2.50. The Labute approximate surface area is 310 Å². The van der Waals surface area contributed by atoms with Crippen molar-refractivity contribution in [1.29, 1.82) is 0 Å². The van der Waals surface area contributed by atoms with Crippen LogP contribution in [0.3, 0.4) is 0 Å². The molecule has 4 fully saturated rings. The van der Waals surface area contributed by atoms with Crippen molar-refractivity contribution >= 4 is 17.7 Å². The number of aliphatic hydroxyl groups excluding tert-OH is 9. The molecule has 4 rings (SSSR count). The Balaban J connectivity index is 1.59. The number of hydrogen-bond donors (Lipinski definition) is 12. The molecule has 0 radical (unpaired) electrons. The van der Waals surface area contributed by atoms with Crippen molar-refractivity contribution in [2.45, 2.75) is 158 Å². The van der Waals surface area contributed by atoms with Crippen LogP contribution < -0.4 is 16.0 Å². The predicted octanol–water partition coefficient (Wildman–Crippen LogP) is -6.62. The standard InChI is InChI=1S/C32H55N3O19/c1-6-14-26(23(44)18(29(47)48-14)33-11(3)39)53-31-20(35-13(5)41)25(46)28(17(9-38)51-31)54-32-19(34-12(4)40)24(45)27(16(8-37)50-32)52-30-10(2)21(42)22(43)15(7-36)49-30/h10,14-32,36-38,42-47H,6-9H2,1-5H3,(H,33,39)(H,34,40)(H,35,41)/t10?,14-,15?,16-,17?,18?,19?,20?,21-,22+,23?,24?,25-,26-,27-,28+,29?,30+,31+,32?/m1/s1. The van der Waals surface area contributed by atoms with E-state index < -0.39 is 160 Å². The zero-order valence-electron chi connectivity index (χ0n) is 30.5. The molecule has 3 amide bonds. The zero-order valence-corrected chi connectivity index (χ0v) is 30.5. The number of aliphatic hydroxyl groups is 9.